The van der Waals surface area contributed by atoms with Crippen molar-refractivity contribution >= 4 is 28.9 Å². The molecule has 0 aromatic heterocycles. The first-order valence-corrected chi connectivity index (χ1v) is 9.12. The number of nitrogens with two attached hydrogens (primary N) is 1. The molecule has 0 atom stereocenters. The van der Waals surface area contributed by atoms with Crippen molar-refractivity contribution in [3.05, 3.63) is 76.3 Å². The van der Waals surface area contributed by atoms with Crippen molar-refractivity contribution in [1.82, 2.24) is 0 Å². The van der Waals surface area contributed by atoms with E-state index in [4.69, 9.17) is 28.9 Å². The minimum absolute atomic E-state index is 0.0306. The monoisotopic (exact) mass is 386 g/mol. The predicted molar refractivity (Wildman–Crippen MR) is 111 cm³/mol. The molecule has 3 nitrogen and oxygen atoms in total. The van der Waals surface area contributed by atoms with Gasteiger partial charge in [0.05, 0.1) is 6.61 Å². The second kappa shape index (κ2) is 8.56. The predicted octanol–water partition coefficient (Wildman–Crippen LogP) is 5.19. The number of hydrogen-bond donors (Lipinski definition) is 3. The van der Waals surface area contributed by atoms with Crippen LogP contribution in [0.4, 0.5) is 5.69 Å². The molecular formula is C21H20Cl2N2O. The van der Waals surface area contributed by atoms with Gasteiger partial charge in [-0.1, -0.05) is 59.6 Å². The van der Waals surface area contributed by atoms with E-state index in [1.807, 2.05) is 54.6 Å². The van der Waals surface area contributed by atoms with Gasteiger partial charge in [0.1, 0.15) is 0 Å². The summed E-state index contributed by atoms with van der Waals surface area (Å²) in [5.74, 6) is 0. The molecule has 3 aromatic rings. The Bertz CT molecular complexity index is 912. The van der Waals surface area contributed by atoms with Gasteiger partial charge in [-0.15, -0.1) is 0 Å². The second-order valence-electron chi connectivity index (χ2n) is 5.92. The quantitative estimate of drug-likeness (QED) is 0.546. The lowest BCUT2D eigenvalue weighted by Gasteiger charge is -2.17. The topological polar surface area (TPSA) is 58.3 Å². The Morgan fingerprint density at radius 3 is 2.35 bits per heavy atom. The number of nitrogens with one attached hydrogen (secondary N) is 1. The van der Waals surface area contributed by atoms with Gasteiger partial charge in [-0.05, 0) is 46.5 Å². The van der Waals surface area contributed by atoms with Gasteiger partial charge in [-0.2, -0.15) is 0 Å². The van der Waals surface area contributed by atoms with Gasteiger partial charge in [-0.3, -0.25) is 0 Å². The molecule has 0 amide bonds. The van der Waals surface area contributed by atoms with E-state index in [1.54, 1.807) is 6.07 Å². The molecule has 0 heterocycles. The number of benzene rings is 3. The summed E-state index contributed by atoms with van der Waals surface area (Å²) in [5.41, 5.74) is 11.2. The van der Waals surface area contributed by atoms with Gasteiger partial charge in [0.2, 0.25) is 0 Å². The van der Waals surface area contributed by atoms with Crippen LogP contribution in [0.15, 0.2) is 60.7 Å². The van der Waals surface area contributed by atoms with Gasteiger partial charge in [0.25, 0.3) is 0 Å². The van der Waals surface area contributed by atoms with Crippen LogP contribution in [-0.4, -0.2) is 18.2 Å². The zero-order valence-electron chi connectivity index (χ0n) is 14.2. The fourth-order valence-electron chi connectivity index (χ4n) is 2.96. The summed E-state index contributed by atoms with van der Waals surface area (Å²) >= 11 is 12.5. The van der Waals surface area contributed by atoms with Crippen molar-refractivity contribution in [2.45, 2.75) is 6.61 Å². The second-order valence-corrected chi connectivity index (χ2v) is 6.76. The van der Waals surface area contributed by atoms with Crippen molar-refractivity contribution in [3.8, 4) is 22.3 Å². The first-order valence-electron chi connectivity index (χ1n) is 8.36. The molecule has 5 heteroatoms. The number of hydrogen-bond acceptors (Lipinski definition) is 3. The number of aliphatic hydroxyl groups excluding tert-OH is 1. The maximum absolute atomic E-state index is 9.73. The van der Waals surface area contributed by atoms with E-state index < -0.39 is 0 Å². The molecule has 0 bridgehead atoms. The number of rotatable bonds is 6. The molecule has 4 N–H and O–H groups in total. The summed E-state index contributed by atoms with van der Waals surface area (Å²) < 4.78 is 0. The minimum Gasteiger partial charge on any atom is -0.392 e. The zero-order chi connectivity index (χ0) is 18.5. The summed E-state index contributed by atoms with van der Waals surface area (Å²) in [6.45, 7) is 1.20. The zero-order valence-corrected chi connectivity index (χ0v) is 15.7. The highest BCUT2D eigenvalue weighted by molar-refractivity contribution is 6.36. The van der Waals surface area contributed by atoms with Crippen LogP contribution in [0.1, 0.15) is 5.56 Å². The first kappa shape index (κ1) is 18.7. The summed E-state index contributed by atoms with van der Waals surface area (Å²) in [5, 5.41) is 14.2. The van der Waals surface area contributed by atoms with Crippen molar-refractivity contribution < 1.29 is 5.11 Å². The SMILES string of the molecule is NCCNc1ccc(-c2ccccc2CO)c(-c2ccc(Cl)cc2Cl)c1. The van der Waals surface area contributed by atoms with Crippen LogP contribution in [0.5, 0.6) is 0 Å². The summed E-state index contributed by atoms with van der Waals surface area (Å²) in [7, 11) is 0. The Morgan fingerprint density at radius 2 is 1.62 bits per heavy atom. The maximum atomic E-state index is 9.73. The minimum atomic E-state index is -0.0306. The lowest BCUT2D eigenvalue weighted by molar-refractivity contribution is 0.282. The molecule has 0 fully saturated rings. The van der Waals surface area contributed by atoms with E-state index in [0.29, 0.717) is 23.1 Å². The highest BCUT2D eigenvalue weighted by Crippen LogP contribution is 2.39. The fourth-order valence-corrected chi connectivity index (χ4v) is 3.47. The van der Waals surface area contributed by atoms with Crippen LogP contribution in [0.25, 0.3) is 22.3 Å². The summed E-state index contributed by atoms with van der Waals surface area (Å²) in [6, 6.07) is 19.4. The van der Waals surface area contributed by atoms with Gasteiger partial charge in [-0.25, -0.2) is 0 Å². The Morgan fingerprint density at radius 1 is 0.846 bits per heavy atom. The third-order valence-electron chi connectivity index (χ3n) is 4.19. The third-order valence-corrected chi connectivity index (χ3v) is 4.74. The fraction of sp³-hybridized carbons (Fsp3) is 0.143. The molecule has 26 heavy (non-hydrogen) atoms. The number of anilines is 1. The van der Waals surface area contributed by atoms with E-state index in [-0.39, 0.29) is 6.61 Å². The standard InChI is InChI=1S/C21H20Cl2N2O/c22-15-5-7-19(21(23)11-15)20-12-16(25-10-9-24)6-8-18(20)17-4-2-1-3-14(17)13-26/h1-8,11-12,25-26H,9-10,13,24H2. The van der Waals surface area contributed by atoms with Crippen LogP contribution < -0.4 is 11.1 Å². The van der Waals surface area contributed by atoms with Crippen LogP contribution in [-0.2, 0) is 6.61 Å². The van der Waals surface area contributed by atoms with E-state index >= 15 is 0 Å². The normalized spacial score (nSPS) is 10.8. The van der Waals surface area contributed by atoms with Crippen molar-refractivity contribution in [2.24, 2.45) is 5.73 Å². The molecule has 0 aliphatic carbocycles. The molecule has 0 aliphatic heterocycles. The van der Waals surface area contributed by atoms with Gasteiger partial charge in [0, 0.05) is 34.4 Å². The average molecular weight is 387 g/mol. The molecular weight excluding hydrogens is 367 g/mol. The van der Waals surface area contributed by atoms with E-state index in [1.165, 1.54) is 0 Å². The smallest absolute Gasteiger partial charge is 0.0687 e. The summed E-state index contributed by atoms with van der Waals surface area (Å²) in [6.07, 6.45) is 0. The van der Waals surface area contributed by atoms with Gasteiger partial charge >= 0.3 is 0 Å². The third kappa shape index (κ3) is 4.02. The molecule has 0 spiro atoms. The average Bonchev–Trinajstić information content (AvgIpc) is 2.66. The molecule has 3 rings (SSSR count). The van der Waals surface area contributed by atoms with E-state index in [9.17, 15) is 5.11 Å². The van der Waals surface area contributed by atoms with Crippen LogP contribution in [0, 0.1) is 0 Å². The first-order chi connectivity index (χ1) is 12.6. The highest BCUT2D eigenvalue weighted by atomic mass is 35.5. The Labute approximate surface area is 163 Å². The van der Waals surface area contributed by atoms with Gasteiger partial charge < -0.3 is 16.2 Å². The number of halogens is 2. The van der Waals surface area contributed by atoms with E-state index in [2.05, 4.69) is 5.32 Å². The largest absolute Gasteiger partial charge is 0.392 e. The molecule has 0 radical (unpaired) electrons. The molecule has 134 valence electrons. The van der Waals surface area contributed by atoms with Crippen molar-refractivity contribution in [3.63, 3.8) is 0 Å². The summed E-state index contributed by atoms with van der Waals surface area (Å²) in [4.78, 5) is 0. The molecule has 3 aromatic carbocycles. The molecule has 0 saturated heterocycles. The Kier molecular flexibility index (Phi) is 6.17. The van der Waals surface area contributed by atoms with Crippen LogP contribution in [0.2, 0.25) is 10.0 Å². The molecule has 0 unspecified atom stereocenters. The van der Waals surface area contributed by atoms with Crippen LogP contribution >= 0.6 is 23.2 Å². The lowest BCUT2D eigenvalue weighted by atomic mass is 9.91. The van der Waals surface area contributed by atoms with Crippen molar-refractivity contribution in [2.75, 3.05) is 18.4 Å². The van der Waals surface area contributed by atoms with Gasteiger partial charge in [0.15, 0.2) is 0 Å². The maximum Gasteiger partial charge on any atom is 0.0687 e. The Hall–Kier alpha value is -2.04. The molecule has 0 saturated carbocycles. The van der Waals surface area contributed by atoms with Crippen LogP contribution in [0.3, 0.4) is 0 Å². The number of aliphatic hydroxyl groups is 1. The highest BCUT2D eigenvalue weighted by Gasteiger charge is 2.14. The lowest BCUT2D eigenvalue weighted by Crippen LogP contribution is -2.13. The van der Waals surface area contributed by atoms with Crippen molar-refractivity contribution in [1.29, 1.82) is 0 Å². The molecule has 0 aliphatic rings. The Balaban J connectivity index is 2.20. The van der Waals surface area contributed by atoms with E-state index in [0.717, 1.165) is 33.5 Å².